The van der Waals surface area contributed by atoms with Gasteiger partial charge in [-0.1, -0.05) is 35.3 Å². The molecule has 0 bridgehead atoms. The third kappa shape index (κ3) is 5.62. The number of sulfone groups is 1. The van der Waals surface area contributed by atoms with E-state index in [1.807, 2.05) is 0 Å². The van der Waals surface area contributed by atoms with E-state index in [0.717, 1.165) is 6.26 Å². The highest BCUT2D eigenvalue weighted by Crippen LogP contribution is 2.21. The van der Waals surface area contributed by atoms with Gasteiger partial charge in [0, 0.05) is 6.26 Å². The molecule has 24 heavy (non-hydrogen) atoms. The minimum Gasteiger partial charge on any atom is -0.464 e. The topological polar surface area (TPSA) is 110 Å². The number of nitrogens with one attached hydrogen (secondary N) is 1. The van der Waals surface area contributed by atoms with Crippen LogP contribution in [-0.2, 0) is 24.2 Å². The number of carbonyl (C=O) groups excluding carboxylic acids is 2. The molecular formula is C14H17Cl2NO6S. The molecule has 0 aliphatic heterocycles. The van der Waals surface area contributed by atoms with Crippen LogP contribution in [0.1, 0.15) is 18.6 Å². The van der Waals surface area contributed by atoms with Crippen molar-refractivity contribution in [3.8, 4) is 0 Å². The van der Waals surface area contributed by atoms with E-state index in [1.165, 1.54) is 24.3 Å². The van der Waals surface area contributed by atoms with Crippen molar-refractivity contribution in [1.82, 2.24) is 5.32 Å². The van der Waals surface area contributed by atoms with Gasteiger partial charge >= 0.3 is 5.97 Å². The lowest BCUT2D eigenvalue weighted by Gasteiger charge is -2.23. The summed E-state index contributed by atoms with van der Waals surface area (Å²) >= 11 is 10.9. The lowest BCUT2D eigenvalue weighted by Crippen LogP contribution is -2.47. The average molecular weight is 398 g/mol. The van der Waals surface area contributed by atoms with Crippen LogP contribution < -0.4 is 5.32 Å². The van der Waals surface area contributed by atoms with Crippen molar-refractivity contribution in [3.05, 3.63) is 29.8 Å². The number of alkyl halides is 2. The highest BCUT2D eigenvalue weighted by atomic mass is 35.5. The van der Waals surface area contributed by atoms with Crippen molar-refractivity contribution >= 4 is 44.9 Å². The van der Waals surface area contributed by atoms with Crippen LogP contribution in [0.25, 0.3) is 0 Å². The molecule has 134 valence electrons. The minimum atomic E-state index is -3.40. The van der Waals surface area contributed by atoms with Gasteiger partial charge in [-0.25, -0.2) is 13.2 Å². The van der Waals surface area contributed by atoms with Gasteiger partial charge in [0.2, 0.25) is 0 Å². The van der Waals surface area contributed by atoms with Crippen LogP contribution in [0.3, 0.4) is 0 Å². The van der Waals surface area contributed by atoms with E-state index in [2.05, 4.69) is 5.32 Å². The molecule has 1 aromatic rings. The number of aliphatic hydroxyl groups is 1. The quantitative estimate of drug-likeness (QED) is 0.523. The van der Waals surface area contributed by atoms with Crippen molar-refractivity contribution < 1.29 is 27.9 Å². The number of halogens is 2. The molecule has 7 nitrogen and oxygen atoms in total. The van der Waals surface area contributed by atoms with Crippen molar-refractivity contribution in [3.63, 3.8) is 0 Å². The Morgan fingerprint density at radius 3 is 2.21 bits per heavy atom. The van der Waals surface area contributed by atoms with Crippen LogP contribution in [0, 0.1) is 0 Å². The molecule has 1 rings (SSSR count). The molecule has 0 unspecified atom stereocenters. The maximum absolute atomic E-state index is 12.0. The second-order valence-electron chi connectivity index (χ2n) is 4.83. The Kier molecular flexibility index (Phi) is 7.47. The first-order valence-corrected chi connectivity index (χ1v) is 9.57. The normalized spacial score (nSPS) is 14.1. The van der Waals surface area contributed by atoms with Crippen LogP contribution in [0.2, 0.25) is 0 Å². The Labute approximate surface area is 149 Å². The highest BCUT2D eigenvalue weighted by Gasteiger charge is 2.32. The summed E-state index contributed by atoms with van der Waals surface area (Å²) in [5.74, 6) is -1.75. The summed E-state index contributed by atoms with van der Waals surface area (Å²) in [7, 11) is -3.40. The fourth-order valence-corrected chi connectivity index (χ4v) is 2.58. The van der Waals surface area contributed by atoms with E-state index in [1.54, 1.807) is 6.92 Å². The summed E-state index contributed by atoms with van der Waals surface area (Å²) in [6, 6.07) is 3.78. The zero-order valence-corrected chi connectivity index (χ0v) is 15.2. The van der Waals surface area contributed by atoms with E-state index >= 15 is 0 Å². The number of amides is 1. The van der Waals surface area contributed by atoms with Gasteiger partial charge in [-0.15, -0.1) is 0 Å². The Morgan fingerprint density at radius 1 is 1.25 bits per heavy atom. The van der Waals surface area contributed by atoms with Gasteiger partial charge in [0.05, 0.1) is 11.5 Å². The molecule has 2 atom stereocenters. The molecule has 2 N–H and O–H groups in total. The molecule has 10 heteroatoms. The van der Waals surface area contributed by atoms with Gasteiger partial charge in [0.25, 0.3) is 5.91 Å². The van der Waals surface area contributed by atoms with E-state index < -0.39 is 38.7 Å². The van der Waals surface area contributed by atoms with Gasteiger partial charge < -0.3 is 15.2 Å². The summed E-state index contributed by atoms with van der Waals surface area (Å²) in [5, 5.41) is 12.5. The molecule has 1 amide bonds. The monoisotopic (exact) mass is 397 g/mol. The van der Waals surface area contributed by atoms with Crippen molar-refractivity contribution in [2.24, 2.45) is 0 Å². The lowest BCUT2D eigenvalue weighted by atomic mass is 10.0. The van der Waals surface area contributed by atoms with Crippen molar-refractivity contribution in [2.45, 2.75) is 28.8 Å². The molecule has 0 aliphatic carbocycles. The third-order valence-corrected chi connectivity index (χ3v) is 4.53. The van der Waals surface area contributed by atoms with E-state index in [0.29, 0.717) is 0 Å². The van der Waals surface area contributed by atoms with Gasteiger partial charge in [-0.2, -0.15) is 0 Å². The fraction of sp³-hybridized carbons (Fsp3) is 0.429. The number of carbonyl (C=O) groups is 2. The molecule has 0 saturated heterocycles. The Balaban J connectivity index is 3.08. The summed E-state index contributed by atoms with van der Waals surface area (Å²) < 4.78 is 27.7. The summed E-state index contributed by atoms with van der Waals surface area (Å²) in [6.07, 6.45) is -0.435. The first-order valence-electron chi connectivity index (χ1n) is 6.81. The van der Waals surface area contributed by atoms with E-state index in [9.17, 15) is 23.1 Å². The molecule has 1 aromatic carbocycles. The number of ether oxygens (including phenoxy) is 1. The molecule has 0 radical (unpaired) electrons. The van der Waals surface area contributed by atoms with Gasteiger partial charge in [-0.05, 0) is 24.6 Å². The van der Waals surface area contributed by atoms with E-state index in [-0.39, 0.29) is 17.1 Å². The SMILES string of the molecule is CCOC(=O)[C@H](NC(=O)C(Cl)Cl)[C@H](O)c1ccc(S(C)(=O)=O)cc1. The molecule has 0 fully saturated rings. The van der Waals surface area contributed by atoms with Crippen LogP contribution >= 0.6 is 23.2 Å². The van der Waals surface area contributed by atoms with Crippen molar-refractivity contribution in [1.29, 1.82) is 0 Å². The Bertz CT molecular complexity index is 690. The number of esters is 1. The molecule has 0 aromatic heterocycles. The van der Waals surface area contributed by atoms with Gasteiger partial charge in [-0.3, -0.25) is 4.79 Å². The van der Waals surface area contributed by atoms with Gasteiger partial charge in [0.15, 0.2) is 20.7 Å². The first kappa shape index (κ1) is 20.7. The highest BCUT2D eigenvalue weighted by molar-refractivity contribution is 7.90. The number of hydrogen-bond donors (Lipinski definition) is 2. The van der Waals surface area contributed by atoms with Gasteiger partial charge in [0.1, 0.15) is 6.10 Å². The predicted molar refractivity (Wildman–Crippen MR) is 88.6 cm³/mol. The first-order chi connectivity index (χ1) is 11.1. The average Bonchev–Trinajstić information content (AvgIpc) is 2.51. The molecule has 0 saturated carbocycles. The fourth-order valence-electron chi connectivity index (χ4n) is 1.82. The standard InChI is InChI=1S/C14H17Cl2NO6S/c1-3-23-14(20)10(17-13(19)12(15)16)11(18)8-4-6-9(7-5-8)24(2,21)22/h4-7,10-12,18H,3H2,1-2H3,(H,17,19)/t10-,11-/m1/s1. The smallest absolute Gasteiger partial charge is 0.331 e. The Morgan fingerprint density at radius 2 is 1.79 bits per heavy atom. The number of benzene rings is 1. The maximum atomic E-state index is 12.0. The molecular weight excluding hydrogens is 381 g/mol. The van der Waals surface area contributed by atoms with Crippen LogP contribution in [-0.4, -0.2) is 49.1 Å². The summed E-state index contributed by atoms with van der Waals surface area (Å²) in [4.78, 5) is 22.2. The van der Waals surface area contributed by atoms with Crippen LogP contribution in [0.15, 0.2) is 29.2 Å². The zero-order chi connectivity index (χ0) is 18.5. The minimum absolute atomic E-state index is 0.0378. The predicted octanol–water partition coefficient (Wildman–Crippen LogP) is 0.975. The van der Waals surface area contributed by atoms with Crippen LogP contribution in [0.4, 0.5) is 0 Å². The Hall–Kier alpha value is -1.35. The van der Waals surface area contributed by atoms with Crippen molar-refractivity contribution in [2.75, 3.05) is 12.9 Å². The molecule has 0 heterocycles. The zero-order valence-electron chi connectivity index (χ0n) is 12.9. The van der Waals surface area contributed by atoms with Crippen LogP contribution in [0.5, 0.6) is 0 Å². The number of aliphatic hydroxyl groups excluding tert-OH is 1. The second kappa shape index (κ2) is 8.66. The molecule has 0 spiro atoms. The second-order valence-corrected chi connectivity index (χ2v) is 7.94. The largest absolute Gasteiger partial charge is 0.464 e. The number of hydrogen-bond acceptors (Lipinski definition) is 6. The summed E-state index contributed by atoms with van der Waals surface area (Å²) in [6.45, 7) is 1.60. The lowest BCUT2D eigenvalue weighted by molar-refractivity contribution is -0.150. The third-order valence-electron chi connectivity index (χ3n) is 3.00. The summed E-state index contributed by atoms with van der Waals surface area (Å²) in [5.41, 5.74) is 0.210. The van der Waals surface area contributed by atoms with E-state index in [4.69, 9.17) is 27.9 Å². The maximum Gasteiger partial charge on any atom is 0.331 e. The number of rotatable bonds is 7. The molecule has 0 aliphatic rings.